The van der Waals surface area contributed by atoms with Crippen LogP contribution < -0.4 is 10.6 Å². The van der Waals surface area contributed by atoms with Crippen molar-refractivity contribution in [2.24, 2.45) is 7.05 Å². The van der Waals surface area contributed by atoms with Crippen LogP contribution in [0.4, 0.5) is 11.6 Å². The van der Waals surface area contributed by atoms with Crippen LogP contribution in [0, 0.1) is 6.92 Å². The first-order valence-corrected chi connectivity index (χ1v) is 5.56. The minimum atomic E-state index is -0.183. The molecule has 1 amide bonds. The normalized spacial score (nSPS) is 10.2. The molecule has 0 saturated heterocycles. The molecule has 0 saturated carbocycles. The molecule has 0 aliphatic carbocycles. The summed E-state index contributed by atoms with van der Waals surface area (Å²) < 4.78 is 1.63. The topological polar surface area (TPSA) is 71.8 Å². The van der Waals surface area contributed by atoms with Crippen LogP contribution in [0.2, 0.25) is 0 Å². The first-order valence-electron chi connectivity index (χ1n) is 5.56. The molecule has 0 unspecified atom stereocenters. The molecular formula is C12H15N5O. The van der Waals surface area contributed by atoms with Crippen molar-refractivity contribution in [1.82, 2.24) is 14.8 Å². The molecule has 2 rings (SSSR count). The number of pyridine rings is 1. The highest BCUT2D eigenvalue weighted by atomic mass is 16.1. The fourth-order valence-corrected chi connectivity index (χ4v) is 1.62. The molecule has 0 fully saturated rings. The van der Waals surface area contributed by atoms with E-state index in [2.05, 4.69) is 20.7 Å². The van der Waals surface area contributed by atoms with Crippen molar-refractivity contribution in [2.75, 3.05) is 17.7 Å². The molecule has 0 atom stereocenters. The molecule has 0 aliphatic heterocycles. The van der Waals surface area contributed by atoms with E-state index in [1.807, 2.05) is 13.0 Å². The summed E-state index contributed by atoms with van der Waals surface area (Å²) in [6.07, 6.45) is 1.59. The number of amides is 1. The second kappa shape index (κ2) is 4.87. The van der Waals surface area contributed by atoms with Gasteiger partial charge in [-0.3, -0.25) is 9.48 Å². The van der Waals surface area contributed by atoms with Gasteiger partial charge >= 0.3 is 0 Å². The number of anilines is 2. The molecule has 2 N–H and O–H groups in total. The fourth-order valence-electron chi connectivity index (χ4n) is 1.62. The largest absolute Gasteiger partial charge is 0.373 e. The number of hydrogen-bond donors (Lipinski definition) is 2. The lowest BCUT2D eigenvalue weighted by molar-refractivity contribution is 0.102. The molecule has 0 spiro atoms. The van der Waals surface area contributed by atoms with E-state index in [9.17, 15) is 4.79 Å². The van der Waals surface area contributed by atoms with Gasteiger partial charge in [0.15, 0.2) is 0 Å². The highest BCUT2D eigenvalue weighted by molar-refractivity contribution is 6.04. The molecule has 94 valence electrons. The van der Waals surface area contributed by atoms with Crippen LogP contribution >= 0.6 is 0 Å². The molecular weight excluding hydrogens is 230 g/mol. The van der Waals surface area contributed by atoms with Gasteiger partial charge in [-0.15, -0.1) is 0 Å². The minimum absolute atomic E-state index is 0.183. The standard InChI is InChI=1S/C12H15N5O/c1-8-6-11(17(3)16-8)15-12(18)9-4-5-14-10(7-9)13-2/h4-7H,1-3H3,(H,13,14)(H,15,18). The number of nitrogens with zero attached hydrogens (tertiary/aromatic N) is 3. The second-order valence-corrected chi connectivity index (χ2v) is 3.93. The van der Waals surface area contributed by atoms with Crippen molar-refractivity contribution in [1.29, 1.82) is 0 Å². The van der Waals surface area contributed by atoms with Crippen LogP contribution in [0.25, 0.3) is 0 Å². The van der Waals surface area contributed by atoms with Crippen molar-refractivity contribution in [3.8, 4) is 0 Å². The molecule has 0 aromatic carbocycles. The van der Waals surface area contributed by atoms with Gasteiger partial charge in [0.25, 0.3) is 5.91 Å². The van der Waals surface area contributed by atoms with Crippen molar-refractivity contribution >= 4 is 17.5 Å². The zero-order valence-corrected chi connectivity index (χ0v) is 10.6. The highest BCUT2D eigenvalue weighted by Gasteiger charge is 2.10. The summed E-state index contributed by atoms with van der Waals surface area (Å²) in [5.41, 5.74) is 1.41. The van der Waals surface area contributed by atoms with Gasteiger partial charge in [0, 0.05) is 31.9 Å². The summed E-state index contributed by atoms with van der Waals surface area (Å²) in [4.78, 5) is 16.1. The van der Waals surface area contributed by atoms with E-state index < -0.39 is 0 Å². The third kappa shape index (κ3) is 2.48. The monoisotopic (exact) mass is 245 g/mol. The average Bonchev–Trinajstić information content (AvgIpc) is 2.68. The Morgan fingerprint density at radius 3 is 2.78 bits per heavy atom. The number of aryl methyl sites for hydroxylation is 2. The van der Waals surface area contributed by atoms with Crippen molar-refractivity contribution in [3.05, 3.63) is 35.7 Å². The van der Waals surface area contributed by atoms with Crippen LogP contribution in [0.15, 0.2) is 24.4 Å². The van der Waals surface area contributed by atoms with Crippen LogP contribution in [0.1, 0.15) is 16.1 Å². The first kappa shape index (κ1) is 12.1. The zero-order valence-electron chi connectivity index (χ0n) is 10.6. The first-order chi connectivity index (χ1) is 8.60. The van der Waals surface area contributed by atoms with E-state index in [0.717, 1.165) is 5.69 Å². The molecule has 0 radical (unpaired) electrons. The third-order valence-corrected chi connectivity index (χ3v) is 2.52. The summed E-state index contributed by atoms with van der Waals surface area (Å²) in [5.74, 6) is 1.14. The van der Waals surface area contributed by atoms with E-state index in [0.29, 0.717) is 17.2 Å². The molecule has 18 heavy (non-hydrogen) atoms. The number of carbonyl (C=O) groups is 1. The molecule has 0 aliphatic rings. The molecule has 2 heterocycles. The predicted octanol–water partition coefficient (Wildman–Crippen LogP) is 1.42. The quantitative estimate of drug-likeness (QED) is 0.857. The maximum absolute atomic E-state index is 12.0. The molecule has 2 aromatic rings. The van der Waals surface area contributed by atoms with Crippen molar-refractivity contribution in [2.45, 2.75) is 6.92 Å². The van der Waals surface area contributed by atoms with Gasteiger partial charge in [-0.2, -0.15) is 5.10 Å². The fraction of sp³-hybridized carbons (Fsp3) is 0.250. The van der Waals surface area contributed by atoms with E-state index >= 15 is 0 Å². The summed E-state index contributed by atoms with van der Waals surface area (Å²) in [7, 11) is 3.54. The minimum Gasteiger partial charge on any atom is -0.373 e. The average molecular weight is 245 g/mol. The predicted molar refractivity (Wildman–Crippen MR) is 69.7 cm³/mol. The SMILES string of the molecule is CNc1cc(C(=O)Nc2cc(C)nn2C)ccn1. The Labute approximate surface area is 105 Å². The Morgan fingerprint density at radius 1 is 1.39 bits per heavy atom. The molecule has 2 aromatic heterocycles. The summed E-state index contributed by atoms with van der Waals surface area (Å²) >= 11 is 0. The Kier molecular flexibility index (Phi) is 3.27. The van der Waals surface area contributed by atoms with Gasteiger partial charge in [-0.1, -0.05) is 0 Å². The number of aromatic nitrogens is 3. The van der Waals surface area contributed by atoms with Gasteiger partial charge < -0.3 is 10.6 Å². The van der Waals surface area contributed by atoms with Crippen LogP contribution in [-0.2, 0) is 7.05 Å². The lowest BCUT2D eigenvalue weighted by atomic mass is 10.2. The summed E-state index contributed by atoms with van der Waals surface area (Å²) in [5, 5.41) is 9.87. The smallest absolute Gasteiger partial charge is 0.256 e. The van der Waals surface area contributed by atoms with E-state index in [1.165, 1.54) is 0 Å². The zero-order chi connectivity index (χ0) is 13.1. The van der Waals surface area contributed by atoms with E-state index in [1.54, 1.807) is 37.1 Å². The van der Waals surface area contributed by atoms with Gasteiger partial charge in [-0.25, -0.2) is 4.98 Å². The third-order valence-electron chi connectivity index (χ3n) is 2.52. The number of nitrogens with one attached hydrogen (secondary N) is 2. The van der Waals surface area contributed by atoms with E-state index in [-0.39, 0.29) is 5.91 Å². The second-order valence-electron chi connectivity index (χ2n) is 3.93. The number of rotatable bonds is 3. The van der Waals surface area contributed by atoms with Gasteiger partial charge in [0.05, 0.1) is 5.69 Å². The lowest BCUT2D eigenvalue weighted by Gasteiger charge is -2.06. The van der Waals surface area contributed by atoms with E-state index in [4.69, 9.17) is 0 Å². The highest BCUT2D eigenvalue weighted by Crippen LogP contribution is 2.11. The number of carbonyl (C=O) groups excluding carboxylic acids is 1. The maximum atomic E-state index is 12.0. The Morgan fingerprint density at radius 2 is 2.17 bits per heavy atom. The van der Waals surface area contributed by atoms with Gasteiger partial charge in [-0.05, 0) is 19.1 Å². The van der Waals surface area contributed by atoms with Crippen molar-refractivity contribution in [3.63, 3.8) is 0 Å². The van der Waals surface area contributed by atoms with Crippen LogP contribution in [-0.4, -0.2) is 27.7 Å². The van der Waals surface area contributed by atoms with Gasteiger partial charge in [0.1, 0.15) is 11.6 Å². The van der Waals surface area contributed by atoms with Gasteiger partial charge in [0.2, 0.25) is 0 Å². The lowest BCUT2D eigenvalue weighted by Crippen LogP contribution is -2.14. The molecule has 0 bridgehead atoms. The Hall–Kier alpha value is -2.37. The summed E-state index contributed by atoms with van der Waals surface area (Å²) in [6, 6.07) is 5.18. The Balaban J connectivity index is 2.19. The molecule has 6 nitrogen and oxygen atoms in total. The Bertz CT molecular complexity index is 576. The molecule has 6 heteroatoms. The summed E-state index contributed by atoms with van der Waals surface area (Å²) in [6.45, 7) is 1.88. The van der Waals surface area contributed by atoms with Crippen LogP contribution in [0.5, 0.6) is 0 Å². The number of hydrogen-bond acceptors (Lipinski definition) is 4. The maximum Gasteiger partial charge on any atom is 0.256 e. The van der Waals surface area contributed by atoms with Crippen LogP contribution in [0.3, 0.4) is 0 Å². The van der Waals surface area contributed by atoms with Crippen molar-refractivity contribution < 1.29 is 4.79 Å².